The Morgan fingerprint density at radius 2 is 1.58 bits per heavy atom. The minimum Gasteiger partial charge on any atom is -0.378 e. The van der Waals surface area contributed by atoms with Crippen LogP contribution in [0.1, 0.15) is 42.5 Å². The lowest BCUT2D eigenvalue weighted by molar-refractivity contribution is 0.0926. The second-order valence-corrected chi connectivity index (χ2v) is 7.26. The number of Topliss-reactive ketones (excluding diaryl/α,β-unsaturated/α-hetero) is 1. The molecule has 5 heteroatoms. The first-order valence-corrected chi connectivity index (χ1v) is 8.65. The van der Waals surface area contributed by atoms with E-state index in [1.807, 2.05) is 38.4 Å². The number of likely N-dealkylation sites (tertiary alicyclic amines) is 1. The van der Waals surface area contributed by atoms with Crippen LogP contribution >= 0.6 is 34.0 Å². The molecule has 1 aromatic rings. The second kappa shape index (κ2) is 9.93. The van der Waals surface area contributed by atoms with Crippen molar-refractivity contribution in [3.05, 3.63) is 29.8 Å². The Morgan fingerprint density at radius 1 is 1.00 bits per heavy atom. The minimum atomic E-state index is 0. The number of anilines is 1. The van der Waals surface area contributed by atoms with Crippen molar-refractivity contribution in [3.63, 3.8) is 0 Å². The zero-order valence-corrected chi connectivity index (χ0v) is 18.2. The molecular weight excluding hydrogens is 432 g/mol. The molecule has 3 rings (SSSR count). The molecule has 1 saturated heterocycles. The smallest absolute Gasteiger partial charge is 0.163 e. The van der Waals surface area contributed by atoms with Gasteiger partial charge in [-0.3, -0.25) is 4.79 Å². The number of nitrogens with zero attached hydrogens (tertiary/aromatic N) is 2. The molecule has 0 unspecified atom stereocenters. The lowest BCUT2D eigenvalue weighted by atomic mass is 9.89. The van der Waals surface area contributed by atoms with Crippen LogP contribution in [0.4, 0.5) is 5.69 Å². The van der Waals surface area contributed by atoms with Gasteiger partial charge in [0.1, 0.15) is 0 Å². The van der Waals surface area contributed by atoms with Crippen LogP contribution < -0.4 is 4.90 Å². The Labute approximate surface area is 167 Å². The molecule has 0 spiro atoms. The first-order chi connectivity index (χ1) is 10.6. The van der Waals surface area contributed by atoms with E-state index in [0.29, 0.717) is 11.7 Å². The van der Waals surface area contributed by atoms with E-state index in [1.165, 1.54) is 45.3 Å². The van der Waals surface area contributed by atoms with Crippen molar-refractivity contribution in [2.75, 3.05) is 38.6 Å². The number of carbonyl (C=O) groups is 1. The van der Waals surface area contributed by atoms with Crippen LogP contribution in [0, 0.1) is 11.8 Å². The average molecular weight is 462 g/mol. The summed E-state index contributed by atoms with van der Waals surface area (Å²) in [6.07, 6.45) is 5.96. The average Bonchev–Trinajstić information content (AvgIpc) is 3.33. The topological polar surface area (TPSA) is 23.6 Å². The lowest BCUT2D eigenvalue weighted by Gasteiger charge is -2.31. The zero-order chi connectivity index (χ0) is 15.5. The van der Waals surface area contributed by atoms with Gasteiger partial charge in [0.2, 0.25) is 0 Å². The molecule has 0 radical (unpaired) electrons. The van der Waals surface area contributed by atoms with E-state index in [0.717, 1.165) is 23.6 Å². The summed E-state index contributed by atoms with van der Waals surface area (Å²) in [5.74, 6) is 1.87. The molecule has 0 aromatic heterocycles. The van der Waals surface area contributed by atoms with Crippen LogP contribution in [-0.2, 0) is 0 Å². The van der Waals surface area contributed by atoms with E-state index in [2.05, 4.69) is 9.80 Å². The van der Waals surface area contributed by atoms with Crippen molar-refractivity contribution in [2.45, 2.75) is 32.1 Å². The van der Waals surface area contributed by atoms with Crippen LogP contribution in [0.5, 0.6) is 0 Å². The summed E-state index contributed by atoms with van der Waals surface area (Å²) in [7, 11) is 4.04. The number of benzene rings is 1. The fourth-order valence-corrected chi connectivity index (χ4v) is 3.36. The highest BCUT2D eigenvalue weighted by Gasteiger charge is 2.27. The maximum absolute atomic E-state index is 12.4. The summed E-state index contributed by atoms with van der Waals surface area (Å²) in [5.41, 5.74) is 2.01. The Hall–Kier alpha value is -0.390. The van der Waals surface area contributed by atoms with Gasteiger partial charge < -0.3 is 9.80 Å². The quantitative estimate of drug-likeness (QED) is 0.578. The van der Waals surface area contributed by atoms with Gasteiger partial charge in [-0.2, -0.15) is 0 Å². The van der Waals surface area contributed by atoms with E-state index < -0.39 is 0 Å². The fraction of sp³-hybridized carbons (Fsp3) is 0.632. The van der Waals surface area contributed by atoms with Gasteiger partial charge in [-0.25, -0.2) is 0 Å². The zero-order valence-electron chi connectivity index (χ0n) is 14.7. The fourth-order valence-electron chi connectivity index (χ4n) is 3.36. The molecule has 1 saturated carbocycles. The molecule has 1 aliphatic heterocycles. The Morgan fingerprint density at radius 3 is 2.08 bits per heavy atom. The SMILES string of the molecule is Br.Br.CN(C)c1ccc(C(=O)CC2CCN(CC3CC3)CC2)cc1. The predicted molar refractivity (Wildman–Crippen MR) is 112 cm³/mol. The van der Waals surface area contributed by atoms with Crippen LogP contribution in [0.3, 0.4) is 0 Å². The van der Waals surface area contributed by atoms with Crippen molar-refractivity contribution in [1.82, 2.24) is 4.90 Å². The second-order valence-electron chi connectivity index (χ2n) is 7.26. The van der Waals surface area contributed by atoms with Gasteiger partial charge in [-0.05, 0) is 74.9 Å². The molecule has 136 valence electrons. The number of hydrogen-bond acceptors (Lipinski definition) is 3. The highest BCUT2D eigenvalue weighted by molar-refractivity contribution is 8.93. The number of piperidine rings is 1. The van der Waals surface area contributed by atoms with Gasteiger partial charge in [0.25, 0.3) is 0 Å². The predicted octanol–water partition coefficient (Wildman–Crippen LogP) is 4.60. The van der Waals surface area contributed by atoms with Gasteiger partial charge in [0, 0.05) is 38.3 Å². The lowest BCUT2D eigenvalue weighted by Crippen LogP contribution is -2.35. The van der Waals surface area contributed by atoms with Crippen molar-refractivity contribution in [2.24, 2.45) is 11.8 Å². The van der Waals surface area contributed by atoms with Gasteiger partial charge in [0.05, 0.1) is 0 Å². The van der Waals surface area contributed by atoms with Gasteiger partial charge >= 0.3 is 0 Å². The number of halogens is 2. The molecule has 24 heavy (non-hydrogen) atoms. The molecule has 0 bridgehead atoms. The molecular formula is C19H30Br2N2O. The Kier molecular flexibility index (Phi) is 8.96. The number of hydrogen-bond donors (Lipinski definition) is 0. The molecule has 3 nitrogen and oxygen atoms in total. The summed E-state index contributed by atoms with van der Waals surface area (Å²) >= 11 is 0. The molecule has 0 amide bonds. The summed E-state index contributed by atoms with van der Waals surface area (Å²) in [4.78, 5) is 17.1. The minimum absolute atomic E-state index is 0. The van der Waals surface area contributed by atoms with Crippen LogP contribution in [0.25, 0.3) is 0 Å². The van der Waals surface area contributed by atoms with Crippen LogP contribution in [0.15, 0.2) is 24.3 Å². The number of carbonyl (C=O) groups excluding carboxylic acids is 1. The van der Waals surface area contributed by atoms with Crippen LogP contribution in [-0.4, -0.2) is 44.4 Å². The summed E-state index contributed by atoms with van der Waals surface area (Å²) < 4.78 is 0. The molecule has 0 N–H and O–H groups in total. The molecule has 2 fully saturated rings. The third kappa shape index (κ3) is 6.16. The van der Waals surface area contributed by atoms with Gasteiger partial charge in [-0.1, -0.05) is 0 Å². The van der Waals surface area contributed by atoms with Crippen molar-refractivity contribution in [1.29, 1.82) is 0 Å². The third-order valence-corrected chi connectivity index (χ3v) is 5.10. The van der Waals surface area contributed by atoms with E-state index in [-0.39, 0.29) is 34.0 Å². The van der Waals surface area contributed by atoms with E-state index in [4.69, 9.17) is 0 Å². The van der Waals surface area contributed by atoms with E-state index in [1.54, 1.807) is 0 Å². The van der Waals surface area contributed by atoms with E-state index in [9.17, 15) is 4.79 Å². The molecule has 1 aliphatic carbocycles. The molecule has 2 aliphatic rings. The standard InChI is InChI=1S/C19H28N2O.2BrH/c1-20(2)18-7-5-17(6-8-18)19(22)13-15-9-11-21(12-10-15)14-16-3-4-16;;/h5-8,15-16H,3-4,9-14H2,1-2H3;2*1H. The monoisotopic (exact) mass is 460 g/mol. The number of ketones is 1. The molecule has 1 aromatic carbocycles. The van der Waals surface area contributed by atoms with Gasteiger partial charge in [0.15, 0.2) is 5.78 Å². The summed E-state index contributed by atoms with van der Waals surface area (Å²) in [5, 5.41) is 0. The Balaban J connectivity index is 0.00000144. The molecule has 1 heterocycles. The maximum atomic E-state index is 12.4. The maximum Gasteiger partial charge on any atom is 0.163 e. The van der Waals surface area contributed by atoms with Crippen molar-refractivity contribution >= 4 is 45.4 Å². The normalized spacial score (nSPS) is 18.4. The van der Waals surface area contributed by atoms with E-state index >= 15 is 0 Å². The highest BCUT2D eigenvalue weighted by Crippen LogP contribution is 2.31. The third-order valence-electron chi connectivity index (χ3n) is 5.10. The highest BCUT2D eigenvalue weighted by atomic mass is 79.9. The van der Waals surface area contributed by atoms with Crippen molar-refractivity contribution in [3.8, 4) is 0 Å². The first-order valence-electron chi connectivity index (χ1n) is 8.65. The Bertz CT molecular complexity index is 507. The van der Waals surface area contributed by atoms with Gasteiger partial charge in [-0.15, -0.1) is 34.0 Å². The van der Waals surface area contributed by atoms with Crippen LogP contribution in [0.2, 0.25) is 0 Å². The first kappa shape index (κ1) is 21.7. The van der Waals surface area contributed by atoms with Crippen molar-refractivity contribution < 1.29 is 4.79 Å². The summed E-state index contributed by atoms with van der Waals surface area (Å²) in [6, 6.07) is 8.01. The largest absolute Gasteiger partial charge is 0.378 e. The molecule has 0 atom stereocenters. The summed E-state index contributed by atoms with van der Waals surface area (Å²) in [6.45, 7) is 3.68. The number of rotatable bonds is 6.